The van der Waals surface area contributed by atoms with Gasteiger partial charge in [-0.3, -0.25) is 0 Å². The standard InChI is InChI=1S/C12H11BrN2/c1-9-2-4-10(5-3-9)12-14-7-6-11(8-13)15-12/h2-7H,8H2,1H3. The largest absolute Gasteiger partial charge is 0.237 e. The average molecular weight is 263 g/mol. The minimum atomic E-state index is 0.758. The molecule has 76 valence electrons. The molecule has 0 bridgehead atoms. The first kappa shape index (κ1) is 10.3. The van der Waals surface area contributed by atoms with Gasteiger partial charge in [0.05, 0.1) is 5.69 Å². The summed E-state index contributed by atoms with van der Waals surface area (Å²) in [5.41, 5.74) is 3.30. The Morgan fingerprint density at radius 1 is 1.13 bits per heavy atom. The summed E-state index contributed by atoms with van der Waals surface area (Å²) in [5.74, 6) is 0.784. The summed E-state index contributed by atoms with van der Waals surface area (Å²) in [4.78, 5) is 8.69. The maximum Gasteiger partial charge on any atom is 0.159 e. The molecule has 0 saturated carbocycles. The minimum absolute atomic E-state index is 0.758. The fraction of sp³-hybridized carbons (Fsp3) is 0.167. The van der Waals surface area contributed by atoms with E-state index < -0.39 is 0 Å². The normalized spacial score (nSPS) is 10.3. The van der Waals surface area contributed by atoms with Crippen molar-refractivity contribution in [2.24, 2.45) is 0 Å². The zero-order valence-corrected chi connectivity index (χ0v) is 10.0. The van der Waals surface area contributed by atoms with Gasteiger partial charge in [-0.25, -0.2) is 9.97 Å². The van der Waals surface area contributed by atoms with E-state index >= 15 is 0 Å². The van der Waals surface area contributed by atoms with Crippen molar-refractivity contribution in [3.05, 3.63) is 47.8 Å². The fourth-order valence-electron chi connectivity index (χ4n) is 1.31. The molecule has 1 heterocycles. The second kappa shape index (κ2) is 4.53. The topological polar surface area (TPSA) is 25.8 Å². The molecular formula is C12H11BrN2. The van der Waals surface area contributed by atoms with Crippen LogP contribution in [0, 0.1) is 6.92 Å². The lowest BCUT2D eigenvalue weighted by molar-refractivity contribution is 1.10. The number of aromatic nitrogens is 2. The van der Waals surface area contributed by atoms with Crippen molar-refractivity contribution in [3.8, 4) is 11.4 Å². The van der Waals surface area contributed by atoms with E-state index in [1.807, 2.05) is 18.2 Å². The van der Waals surface area contributed by atoms with Crippen molar-refractivity contribution >= 4 is 15.9 Å². The van der Waals surface area contributed by atoms with E-state index in [4.69, 9.17) is 0 Å². The molecule has 0 spiro atoms. The molecule has 0 saturated heterocycles. The molecule has 2 aromatic rings. The molecule has 2 nitrogen and oxygen atoms in total. The van der Waals surface area contributed by atoms with Crippen molar-refractivity contribution in [3.63, 3.8) is 0 Å². The number of hydrogen-bond acceptors (Lipinski definition) is 2. The van der Waals surface area contributed by atoms with E-state index in [-0.39, 0.29) is 0 Å². The molecule has 0 aliphatic rings. The highest BCUT2D eigenvalue weighted by atomic mass is 79.9. The van der Waals surface area contributed by atoms with Crippen molar-refractivity contribution in [1.82, 2.24) is 9.97 Å². The SMILES string of the molecule is Cc1ccc(-c2nccc(CBr)n2)cc1. The zero-order valence-electron chi connectivity index (χ0n) is 8.44. The number of benzene rings is 1. The summed E-state index contributed by atoms with van der Waals surface area (Å²) in [5, 5.41) is 0.758. The van der Waals surface area contributed by atoms with Gasteiger partial charge in [0.15, 0.2) is 5.82 Å². The molecule has 1 aromatic heterocycles. The summed E-state index contributed by atoms with van der Waals surface area (Å²) < 4.78 is 0. The van der Waals surface area contributed by atoms with Gasteiger partial charge in [-0.2, -0.15) is 0 Å². The second-order valence-electron chi connectivity index (χ2n) is 3.37. The maximum atomic E-state index is 4.43. The third kappa shape index (κ3) is 2.42. The molecule has 1 aromatic carbocycles. The number of nitrogens with zero attached hydrogens (tertiary/aromatic N) is 2. The van der Waals surface area contributed by atoms with Crippen LogP contribution in [0.1, 0.15) is 11.3 Å². The zero-order chi connectivity index (χ0) is 10.7. The lowest BCUT2D eigenvalue weighted by Crippen LogP contribution is -1.92. The first-order valence-corrected chi connectivity index (χ1v) is 5.86. The van der Waals surface area contributed by atoms with Crippen LogP contribution in [-0.4, -0.2) is 9.97 Å². The molecular weight excluding hydrogens is 252 g/mol. The number of hydrogen-bond donors (Lipinski definition) is 0. The third-order valence-electron chi connectivity index (χ3n) is 2.16. The Morgan fingerprint density at radius 2 is 1.87 bits per heavy atom. The van der Waals surface area contributed by atoms with Crippen molar-refractivity contribution in [1.29, 1.82) is 0 Å². The third-order valence-corrected chi connectivity index (χ3v) is 2.73. The van der Waals surface area contributed by atoms with Crippen LogP contribution in [-0.2, 0) is 5.33 Å². The second-order valence-corrected chi connectivity index (χ2v) is 3.93. The van der Waals surface area contributed by atoms with E-state index in [2.05, 4.69) is 45.0 Å². The number of rotatable bonds is 2. The Bertz CT molecular complexity index is 451. The van der Waals surface area contributed by atoms with E-state index in [1.54, 1.807) is 6.20 Å². The van der Waals surface area contributed by atoms with Crippen LogP contribution in [0.5, 0.6) is 0 Å². The molecule has 0 atom stereocenters. The number of aryl methyl sites for hydroxylation is 1. The van der Waals surface area contributed by atoms with Gasteiger partial charge < -0.3 is 0 Å². The van der Waals surface area contributed by atoms with Crippen LogP contribution < -0.4 is 0 Å². The Balaban J connectivity index is 2.40. The summed E-state index contributed by atoms with van der Waals surface area (Å²) in [6.07, 6.45) is 1.79. The van der Waals surface area contributed by atoms with Crippen LogP contribution in [0.3, 0.4) is 0 Å². The van der Waals surface area contributed by atoms with E-state index in [0.29, 0.717) is 0 Å². The summed E-state index contributed by atoms with van der Waals surface area (Å²) in [6, 6.07) is 10.1. The van der Waals surface area contributed by atoms with Crippen molar-refractivity contribution in [2.45, 2.75) is 12.3 Å². The van der Waals surface area contributed by atoms with Gasteiger partial charge in [0.25, 0.3) is 0 Å². The molecule has 3 heteroatoms. The predicted molar refractivity (Wildman–Crippen MR) is 64.8 cm³/mol. The Hall–Kier alpha value is -1.22. The molecule has 0 fully saturated rings. The van der Waals surface area contributed by atoms with Gasteiger partial charge in [-0.15, -0.1) is 0 Å². The van der Waals surface area contributed by atoms with Gasteiger partial charge in [-0.1, -0.05) is 45.8 Å². The molecule has 0 amide bonds. The molecule has 15 heavy (non-hydrogen) atoms. The quantitative estimate of drug-likeness (QED) is 0.776. The minimum Gasteiger partial charge on any atom is -0.237 e. The molecule has 2 rings (SSSR count). The highest BCUT2D eigenvalue weighted by molar-refractivity contribution is 9.08. The van der Waals surface area contributed by atoms with Crippen LogP contribution in [0.2, 0.25) is 0 Å². The molecule has 0 N–H and O–H groups in total. The average Bonchev–Trinajstić information content (AvgIpc) is 2.30. The van der Waals surface area contributed by atoms with Gasteiger partial charge in [-0.05, 0) is 13.0 Å². The molecule has 0 radical (unpaired) electrons. The van der Waals surface area contributed by atoms with E-state index in [1.165, 1.54) is 5.56 Å². The van der Waals surface area contributed by atoms with Crippen molar-refractivity contribution < 1.29 is 0 Å². The number of halogens is 1. The van der Waals surface area contributed by atoms with Crippen molar-refractivity contribution in [2.75, 3.05) is 0 Å². The highest BCUT2D eigenvalue weighted by Crippen LogP contribution is 2.15. The van der Waals surface area contributed by atoms with Gasteiger partial charge in [0, 0.05) is 17.1 Å². The summed E-state index contributed by atoms with van der Waals surface area (Å²) in [7, 11) is 0. The molecule has 0 aliphatic carbocycles. The van der Waals surface area contributed by atoms with Crippen LogP contribution in [0.25, 0.3) is 11.4 Å². The van der Waals surface area contributed by atoms with Crippen LogP contribution in [0.15, 0.2) is 36.5 Å². The van der Waals surface area contributed by atoms with Gasteiger partial charge >= 0.3 is 0 Å². The van der Waals surface area contributed by atoms with E-state index in [9.17, 15) is 0 Å². The van der Waals surface area contributed by atoms with Gasteiger partial charge in [0.2, 0.25) is 0 Å². The lowest BCUT2D eigenvalue weighted by Gasteiger charge is -2.01. The molecule has 0 unspecified atom stereocenters. The first-order valence-electron chi connectivity index (χ1n) is 4.74. The van der Waals surface area contributed by atoms with E-state index in [0.717, 1.165) is 22.4 Å². The lowest BCUT2D eigenvalue weighted by atomic mass is 10.1. The monoisotopic (exact) mass is 262 g/mol. The first-order chi connectivity index (χ1) is 7.29. The molecule has 0 aliphatic heterocycles. The Morgan fingerprint density at radius 3 is 2.53 bits per heavy atom. The Labute approximate surface area is 97.5 Å². The highest BCUT2D eigenvalue weighted by Gasteiger charge is 2.01. The Kier molecular flexibility index (Phi) is 3.11. The predicted octanol–water partition coefficient (Wildman–Crippen LogP) is 3.35. The fourth-order valence-corrected chi connectivity index (χ4v) is 1.62. The smallest absolute Gasteiger partial charge is 0.159 e. The summed E-state index contributed by atoms with van der Waals surface area (Å²) in [6.45, 7) is 2.07. The number of alkyl halides is 1. The van der Waals surface area contributed by atoms with Crippen LogP contribution >= 0.6 is 15.9 Å². The van der Waals surface area contributed by atoms with Crippen LogP contribution in [0.4, 0.5) is 0 Å². The maximum absolute atomic E-state index is 4.43. The van der Waals surface area contributed by atoms with Gasteiger partial charge in [0.1, 0.15) is 0 Å². The summed E-state index contributed by atoms with van der Waals surface area (Å²) >= 11 is 3.39.